The second-order valence-corrected chi connectivity index (χ2v) is 10.1. The molecular formula is C20H29IN4O3S2. The van der Waals surface area contributed by atoms with E-state index in [0.717, 1.165) is 17.0 Å². The Labute approximate surface area is 200 Å². The highest BCUT2D eigenvalue weighted by Gasteiger charge is 2.27. The largest absolute Gasteiger partial charge is 0.379 e. The molecule has 2 aromatic rings. The maximum atomic E-state index is 12.7. The van der Waals surface area contributed by atoms with Gasteiger partial charge >= 0.3 is 0 Å². The Morgan fingerprint density at radius 1 is 1.13 bits per heavy atom. The molecule has 1 saturated heterocycles. The minimum absolute atomic E-state index is 0. The number of benzene rings is 1. The molecule has 0 radical (unpaired) electrons. The third-order valence-corrected chi connectivity index (χ3v) is 7.97. The summed E-state index contributed by atoms with van der Waals surface area (Å²) in [4.78, 5) is 5.56. The van der Waals surface area contributed by atoms with Crippen molar-refractivity contribution in [3.8, 4) is 0 Å². The van der Waals surface area contributed by atoms with Gasteiger partial charge in [0.2, 0.25) is 0 Å². The van der Waals surface area contributed by atoms with Crippen molar-refractivity contribution in [2.75, 3.05) is 32.8 Å². The fraction of sp³-hybridized carbons (Fsp3) is 0.450. The van der Waals surface area contributed by atoms with Crippen LogP contribution in [0.25, 0.3) is 0 Å². The van der Waals surface area contributed by atoms with Crippen LogP contribution in [-0.4, -0.2) is 51.5 Å². The molecule has 0 amide bonds. The van der Waals surface area contributed by atoms with Crippen LogP contribution in [0.2, 0.25) is 0 Å². The van der Waals surface area contributed by atoms with Gasteiger partial charge in [0, 0.05) is 24.5 Å². The molecule has 0 atom stereocenters. The fourth-order valence-electron chi connectivity index (χ4n) is 2.88. The van der Waals surface area contributed by atoms with Gasteiger partial charge in [-0.1, -0.05) is 29.8 Å². The number of morpholine rings is 1. The number of hydrogen-bond donors (Lipinski definition) is 2. The van der Waals surface area contributed by atoms with Gasteiger partial charge in [-0.25, -0.2) is 13.4 Å². The quantitative estimate of drug-likeness (QED) is 0.307. The molecule has 0 unspecified atom stereocenters. The topological polar surface area (TPSA) is 83.0 Å². The van der Waals surface area contributed by atoms with E-state index in [1.165, 1.54) is 21.2 Å². The van der Waals surface area contributed by atoms with Gasteiger partial charge in [-0.15, -0.1) is 35.3 Å². The number of aliphatic imine (C=N–C) groups is 1. The van der Waals surface area contributed by atoms with Crippen LogP contribution < -0.4 is 10.6 Å². The molecule has 0 bridgehead atoms. The molecule has 2 N–H and O–H groups in total. The number of nitrogens with zero attached hydrogens (tertiary/aromatic N) is 2. The van der Waals surface area contributed by atoms with Gasteiger partial charge in [0.05, 0.1) is 26.3 Å². The summed E-state index contributed by atoms with van der Waals surface area (Å²) in [7, 11) is -3.44. The number of hydrogen-bond acceptors (Lipinski definition) is 5. The van der Waals surface area contributed by atoms with E-state index in [1.54, 1.807) is 6.07 Å². The average Bonchev–Trinajstić information content (AvgIpc) is 3.22. The molecule has 3 rings (SSSR count). The lowest BCUT2D eigenvalue weighted by molar-refractivity contribution is 0.0731. The number of guanidine groups is 1. The van der Waals surface area contributed by atoms with E-state index < -0.39 is 10.0 Å². The highest BCUT2D eigenvalue weighted by Crippen LogP contribution is 2.25. The molecule has 0 saturated carbocycles. The van der Waals surface area contributed by atoms with E-state index in [9.17, 15) is 8.42 Å². The van der Waals surface area contributed by atoms with Gasteiger partial charge in [-0.3, -0.25) is 0 Å². The first-order valence-corrected chi connectivity index (χ1v) is 12.0. The maximum absolute atomic E-state index is 12.7. The molecular weight excluding hydrogens is 535 g/mol. The standard InChI is InChI=1S/C20H28N4O3S2.HI/c1-3-21-20(22-14-17-6-4-16(2)5-7-17)23-15-18-8-9-19(28-18)29(25,26)24-10-12-27-13-11-24;/h4-9H,3,10-15H2,1-2H3,(H2,21,22,23);1H. The SMILES string of the molecule is CCNC(=NCc1ccc(C)cc1)NCc1ccc(S(=O)(=O)N2CCOCC2)s1.I. The molecule has 2 heterocycles. The van der Waals surface area contributed by atoms with Gasteiger partial charge in [0.1, 0.15) is 4.21 Å². The Balaban J connectivity index is 0.00000320. The molecule has 30 heavy (non-hydrogen) atoms. The molecule has 1 aromatic heterocycles. The Bertz CT molecular complexity index is 924. The lowest BCUT2D eigenvalue weighted by Crippen LogP contribution is -2.40. The van der Waals surface area contributed by atoms with Gasteiger partial charge in [0.25, 0.3) is 10.0 Å². The van der Waals surface area contributed by atoms with Crippen molar-refractivity contribution in [2.24, 2.45) is 4.99 Å². The van der Waals surface area contributed by atoms with Crippen LogP contribution in [0.1, 0.15) is 22.9 Å². The van der Waals surface area contributed by atoms with Crippen LogP contribution in [0.4, 0.5) is 0 Å². The molecule has 0 spiro atoms. The zero-order chi connectivity index (χ0) is 20.7. The molecule has 10 heteroatoms. The molecule has 1 aliphatic rings. The highest BCUT2D eigenvalue weighted by molar-refractivity contribution is 14.0. The van der Waals surface area contributed by atoms with E-state index >= 15 is 0 Å². The minimum Gasteiger partial charge on any atom is -0.379 e. The second-order valence-electron chi connectivity index (χ2n) is 6.77. The molecule has 166 valence electrons. The Morgan fingerprint density at radius 3 is 2.50 bits per heavy atom. The van der Waals surface area contributed by atoms with Crippen molar-refractivity contribution < 1.29 is 13.2 Å². The Morgan fingerprint density at radius 2 is 1.83 bits per heavy atom. The van der Waals surface area contributed by atoms with E-state index in [-0.39, 0.29) is 24.0 Å². The molecule has 1 aliphatic heterocycles. The molecule has 7 nitrogen and oxygen atoms in total. The van der Waals surface area contributed by atoms with Gasteiger partial charge in [0.15, 0.2) is 5.96 Å². The van der Waals surface area contributed by atoms with Crippen LogP contribution in [0, 0.1) is 6.92 Å². The summed E-state index contributed by atoms with van der Waals surface area (Å²) in [5.41, 5.74) is 2.37. The predicted octanol–water partition coefficient (Wildman–Crippen LogP) is 2.95. The number of ether oxygens (including phenoxy) is 1. The number of thiophene rings is 1. The summed E-state index contributed by atoms with van der Waals surface area (Å²) in [6.07, 6.45) is 0. The van der Waals surface area contributed by atoms with Gasteiger partial charge in [-0.05, 0) is 31.5 Å². The summed E-state index contributed by atoms with van der Waals surface area (Å²) in [5, 5.41) is 6.51. The van der Waals surface area contributed by atoms with Gasteiger partial charge < -0.3 is 15.4 Å². The van der Waals surface area contributed by atoms with Gasteiger partial charge in [-0.2, -0.15) is 4.31 Å². The molecule has 1 fully saturated rings. The second kappa shape index (κ2) is 12.0. The van der Waals surface area contributed by atoms with Crippen LogP contribution in [0.5, 0.6) is 0 Å². The van der Waals surface area contributed by atoms with Crippen molar-refractivity contribution in [1.29, 1.82) is 0 Å². The molecule has 1 aromatic carbocycles. The van der Waals surface area contributed by atoms with Crippen molar-refractivity contribution in [1.82, 2.24) is 14.9 Å². The van der Waals surface area contributed by atoms with E-state index in [2.05, 4.69) is 46.8 Å². The Kier molecular flexibility index (Phi) is 10.0. The first-order chi connectivity index (χ1) is 14.0. The first-order valence-electron chi connectivity index (χ1n) is 9.73. The summed E-state index contributed by atoms with van der Waals surface area (Å²) < 4.78 is 32.6. The van der Waals surface area contributed by atoms with Crippen molar-refractivity contribution in [3.05, 3.63) is 52.4 Å². The van der Waals surface area contributed by atoms with Crippen molar-refractivity contribution in [2.45, 2.75) is 31.1 Å². The monoisotopic (exact) mass is 564 g/mol. The number of nitrogens with one attached hydrogen (secondary N) is 2. The zero-order valence-electron chi connectivity index (χ0n) is 17.3. The lowest BCUT2D eigenvalue weighted by Gasteiger charge is -2.25. The van der Waals surface area contributed by atoms with Crippen LogP contribution >= 0.6 is 35.3 Å². The van der Waals surface area contributed by atoms with E-state index in [4.69, 9.17) is 4.74 Å². The number of rotatable bonds is 7. The smallest absolute Gasteiger partial charge is 0.252 e. The Hall–Kier alpha value is -1.21. The van der Waals surface area contributed by atoms with Crippen molar-refractivity contribution >= 4 is 51.3 Å². The summed E-state index contributed by atoms with van der Waals surface area (Å²) in [5.74, 6) is 0.707. The fourth-order valence-corrected chi connectivity index (χ4v) is 5.74. The third-order valence-electron chi connectivity index (χ3n) is 4.52. The maximum Gasteiger partial charge on any atom is 0.252 e. The molecule has 0 aliphatic carbocycles. The first kappa shape index (κ1) is 25.1. The van der Waals surface area contributed by atoms with Crippen LogP contribution in [0.15, 0.2) is 45.6 Å². The third kappa shape index (κ3) is 6.91. The normalized spacial score (nSPS) is 15.5. The predicted molar refractivity (Wildman–Crippen MR) is 132 cm³/mol. The summed E-state index contributed by atoms with van der Waals surface area (Å²) >= 11 is 1.29. The number of halogens is 1. The zero-order valence-corrected chi connectivity index (χ0v) is 21.2. The van der Waals surface area contributed by atoms with Crippen LogP contribution in [-0.2, 0) is 27.8 Å². The highest BCUT2D eigenvalue weighted by atomic mass is 127. The average molecular weight is 565 g/mol. The minimum atomic E-state index is -3.44. The van der Waals surface area contributed by atoms with E-state index in [0.29, 0.717) is 49.6 Å². The number of sulfonamides is 1. The number of aryl methyl sites for hydroxylation is 1. The summed E-state index contributed by atoms with van der Waals surface area (Å²) in [6, 6.07) is 11.8. The lowest BCUT2D eigenvalue weighted by atomic mass is 10.1. The van der Waals surface area contributed by atoms with Crippen LogP contribution in [0.3, 0.4) is 0 Å². The van der Waals surface area contributed by atoms with E-state index in [1.807, 2.05) is 13.0 Å². The van der Waals surface area contributed by atoms with Crippen molar-refractivity contribution in [3.63, 3.8) is 0 Å². The summed E-state index contributed by atoms with van der Waals surface area (Å²) in [6.45, 7) is 7.63.